The second kappa shape index (κ2) is 10.2. The van der Waals surface area contributed by atoms with E-state index in [4.69, 9.17) is 14.9 Å². The van der Waals surface area contributed by atoms with Crippen molar-refractivity contribution in [2.45, 2.75) is 18.6 Å². The highest BCUT2D eigenvalue weighted by Gasteiger charge is 2.51. The number of rotatable bonds is 8. The van der Waals surface area contributed by atoms with Crippen LogP contribution in [0.4, 0.5) is 17.6 Å². The molecule has 2 aliphatic heterocycles. The Morgan fingerprint density at radius 1 is 1.18 bits per heavy atom. The molecule has 1 unspecified atom stereocenters. The van der Waals surface area contributed by atoms with Gasteiger partial charge in [0.1, 0.15) is 12.1 Å². The molecule has 0 amide bonds. The number of halogens is 4. The van der Waals surface area contributed by atoms with Crippen LogP contribution in [0, 0.1) is 0 Å². The van der Waals surface area contributed by atoms with Crippen molar-refractivity contribution in [2.75, 3.05) is 59.1 Å². The van der Waals surface area contributed by atoms with Gasteiger partial charge in [-0.05, 0) is 13.0 Å². The van der Waals surface area contributed by atoms with Crippen molar-refractivity contribution < 1.29 is 32.5 Å². The minimum atomic E-state index is -4.86. The number of aliphatic hydroxyl groups is 2. The SMILES string of the molecule is CC1(CN2CCN(CCO)CC2)N=C(F)NC(c2c[nH]c(=O)c(OCCO)c2)=C1C(F)(F)F. The highest BCUT2D eigenvalue weighted by atomic mass is 19.4. The molecule has 9 nitrogen and oxygen atoms in total. The van der Waals surface area contributed by atoms with Crippen molar-refractivity contribution in [1.82, 2.24) is 20.1 Å². The van der Waals surface area contributed by atoms with Crippen LogP contribution in [-0.4, -0.2) is 102 Å². The lowest BCUT2D eigenvalue weighted by Crippen LogP contribution is -2.54. The quantitative estimate of drug-likeness (QED) is 0.315. The number of nitrogens with one attached hydrogen (secondary N) is 2. The number of aromatic nitrogens is 1. The van der Waals surface area contributed by atoms with Gasteiger partial charge in [0, 0.05) is 51.0 Å². The number of pyridine rings is 1. The molecule has 13 heteroatoms. The molecule has 0 aromatic carbocycles. The fourth-order valence-corrected chi connectivity index (χ4v) is 4.13. The molecule has 33 heavy (non-hydrogen) atoms. The number of aliphatic hydroxyl groups excluding tert-OH is 2. The third-order valence-electron chi connectivity index (χ3n) is 5.56. The summed E-state index contributed by atoms with van der Waals surface area (Å²) in [6.07, 6.45) is -5.00. The lowest BCUT2D eigenvalue weighted by Gasteiger charge is -2.41. The van der Waals surface area contributed by atoms with Crippen molar-refractivity contribution in [1.29, 1.82) is 0 Å². The number of alkyl halides is 3. The number of nitrogens with zero attached hydrogens (tertiary/aromatic N) is 3. The topological polar surface area (TPSA) is 113 Å². The number of H-pyrrole nitrogens is 1. The molecule has 0 aliphatic carbocycles. The molecule has 1 aromatic rings. The van der Waals surface area contributed by atoms with Crippen LogP contribution in [0.5, 0.6) is 5.75 Å². The van der Waals surface area contributed by atoms with Gasteiger partial charge in [-0.1, -0.05) is 0 Å². The van der Waals surface area contributed by atoms with Gasteiger partial charge in [-0.25, -0.2) is 4.99 Å². The highest BCUT2D eigenvalue weighted by Crippen LogP contribution is 2.43. The van der Waals surface area contributed by atoms with Crippen LogP contribution >= 0.6 is 0 Å². The van der Waals surface area contributed by atoms with Crippen LogP contribution in [0.1, 0.15) is 12.5 Å². The molecule has 184 valence electrons. The Morgan fingerprint density at radius 2 is 1.85 bits per heavy atom. The fraction of sp³-hybridized carbons (Fsp3) is 0.600. The van der Waals surface area contributed by atoms with E-state index in [0.29, 0.717) is 32.7 Å². The highest BCUT2D eigenvalue weighted by molar-refractivity contribution is 5.89. The zero-order valence-corrected chi connectivity index (χ0v) is 18.1. The van der Waals surface area contributed by atoms with Gasteiger partial charge in [-0.3, -0.25) is 14.6 Å². The number of ether oxygens (including phenoxy) is 1. The second-order valence-corrected chi connectivity index (χ2v) is 8.04. The molecule has 0 saturated carbocycles. The molecule has 3 heterocycles. The van der Waals surface area contributed by atoms with Gasteiger partial charge in [0.25, 0.3) is 11.6 Å². The summed E-state index contributed by atoms with van der Waals surface area (Å²) in [6.45, 7) is 2.89. The Kier molecular flexibility index (Phi) is 7.77. The number of β-amino-alcohol motifs (C(OH)–C–C–N with tert-alkyl or cyclic N) is 1. The Morgan fingerprint density at radius 3 is 2.45 bits per heavy atom. The van der Waals surface area contributed by atoms with Crippen molar-refractivity contribution >= 4 is 11.8 Å². The maximum atomic E-state index is 14.5. The Hall–Kier alpha value is -2.48. The van der Waals surface area contributed by atoms with E-state index in [9.17, 15) is 22.4 Å². The van der Waals surface area contributed by atoms with Gasteiger partial charge in [0.05, 0.1) is 24.5 Å². The van der Waals surface area contributed by atoms with Gasteiger partial charge >= 0.3 is 6.18 Å². The fourth-order valence-electron chi connectivity index (χ4n) is 4.13. The van der Waals surface area contributed by atoms with E-state index in [1.165, 1.54) is 6.92 Å². The zero-order chi connectivity index (χ0) is 24.2. The number of hydrogen-bond acceptors (Lipinski definition) is 8. The maximum absolute atomic E-state index is 14.5. The predicted octanol–water partition coefficient (Wildman–Crippen LogP) is 0.317. The summed E-state index contributed by atoms with van der Waals surface area (Å²) in [7, 11) is 0. The minimum absolute atomic E-state index is 0.00756. The molecule has 3 rings (SSSR count). The first-order valence-electron chi connectivity index (χ1n) is 10.4. The summed E-state index contributed by atoms with van der Waals surface area (Å²) in [5, 5.41) is 20.0. The van der Waals surface area contributed by atoms with E-state index in [0.717, 1.165) is 12.3 Å². The van der Waals surface area contributed by atoms with Gasteiger partial charge in [0.15, 0.2) is 5.75 Å². The first-order chi connectivity index (χ1) is 15.6. The van der Waals surface area contributed by atoms with Crippen LogP contribution in [0.2, 0.25) is 0 Å². The number of aromatic amines is 1. The van der Waals surface area contributed by atoms with E-state index in [1.54, 1.807) is 4.90 Å². The molecular formula is C20H27F4N5O4. The van der Waals surface area contributed by atoms with Gasteiger partial charge < -0.3 is 25.3 Å². The van der Waals surface area contributed by atoms with Gasteiger partial charge in [-0.2, -0.15) is 17.6 Å². The van der Waals surface area contributed by atoms with Crippen LogP contribution in [0.3, 0.4) is 0 Å². The van der Waals surface area contributed by atoms with E-state index >= 15 is 0 Å². The molecule has 1 fully saturated rings. The molecular weight excluding hydrogens is 450 g/mol. The Balaban J connectivity index is 1.99. The largest absolute Gasteiger partial charge is 0.485 e. The number of hydrogen-bond donors (Lipinski definition) is 4. The van der Waals surface area contributed by atoms with Crippen LogP contribution in [-0.2, 0) is 0 Å². The average Bonchev–Trinajstić information content (AvgIpc) is 2.73. The first-order valence-corrected chi connectivity index (χ1v) is 10.4. The van der Waals surface area contributed by atoms with Crippen molar-refractivity contribution in [3.05, 3.63) is 33.8 Å². The average molecular weight is 477 g/mol. The smallest absolute Gasteiger partial charge is 0.417 e. The van der Waals surface area contributed by atoms with E-state index in [1.807, 2.05) is 4.90 Å². The number of amidine groups is 1. The van der Waals surface area contributed by atoms with Gasteiger partial charge in [-0.15, -0.1) is 0 Å². The van der Waals surface area contributed by atoms with Crippen molar-refractivity contribution in [3.63, 3.8) is 0 Å². The van der Waals surface area contributed by atoms with Crippen molar-refractivity contribution in [3.8, 4) is 5.75 Å². The normalized spacial score (nSPS) is 22.8. The molecule has 2 aliphatic rings. The summed E-state index contributed by atoms with van der Waals surface area (Å²) in [5.41, 5.74) is -4.44. The Labute approximate surface area is 187 Å². The van der Waals surface area contributed by atoms with Gasteiger partial charge in [0.2, 0.25) is 0 Å². The Bertz CT molecular complexity index is 957. The monoisotopic (exact) mass is 477 g/mol. The summed E-state index contributed by atoms with van der Waals surface area (Å²) in [5.74, 6) is -0.304. The molecule has 1 aromatic heterocycles. The van der Waals surface area contributed by atoms with Crippen LogP contribution in [0.25, 0.3) is 5.70 Å². The summed E-state index contributed by atoms with van der Waals surface area (Å²) >= 11 is 0. The number of piperazine rings is 1. The van der Waals surface area contributed by atoms with Crippen molar-refractivity contribution in [2.24, 2.45) is 4.99 Å². The lowest BCUT2D eigenvalue weighted by molar-refractivity contribution is -0.101. The molecule has 1 atom stereocenters. The standard InChI is InChI=1S/C20H27F4N5O4/c1-19(12-29-4-2-28(3-5-29)6-7-30)16(20(22,23)24)15(26-18(21)27-19)13-10-14(33-9-8-31)17(32)25-11-13/h10-11,30-31H,2-9,12H2,1H3,(H,25,32)(H,26,27). The van der Waals surface area contributed by atoms with E-state index in [-0.39, 0.29) is 31.1 Å². The molecule has 0 spiro atoms. The maximum Gasteiger partial charge on any atom is 0.417 e. The third-order valence-corrected chi connectivity index (χ3v) is 5.56. The lowest BCUT2D eigenvalue weighted by atomic mass is 9.86. The molecule has 0 radical (unpaired) electrons. The summed E-state index contributed by atoms with van der Waals surface area (Å²) < 4.78 is 62.6. The predicted molar refractivity (Wildman–Crippen MR) is 113 cm³/mol. The zero-order valence-electron chi connectivity index (χ0n) is 18.1. The minimum Gasteiger partial charge on any atom is -0.485 e. The van der Waals surface area contributed by atoms with E-state index < -0.39 is 41.2 Å². The van der Waals surface area contributed by atoms with Crippen LogP contribution < -0.4 is 15.6 Å². The summed E-state index contributed by atoms with van der Waals surface area (Å²) in [6, 6.07) is 1.06. The number of aliphatic imine (C=N–C) groups is 1. The molecule has 0 bridgehead atoms. The summed E-state index contributed by atoms with van der Waals surface area (Å²) in [4.78, 5) is 21.7. The van der Waals surface area contributed by atoms with Crippen LogP contribution in [0.15, 0.2) is 27.6 Å². The first kappa shape index (κ1) is 25.1. The molecule has 1 saturated heterocycles. The van der Waals surface area contributed by atoms with E-state index in [2.05, 4.69) is 15.3 Å². The second-order valence-electron chi connectivity index (χ2n) is 8.04. The third kappa shape index (κ3) is 5.91. The molecule has 4 N–H and O–H groups in total.